The van der Waals surface area contributed by atoms with Crippen LogP contribution >= 0.6 is 0 Å². The lowest BCUT2D eigenvalue weighted by atomic mass is 10.1. The van der Waals surface area contributed by atoms with E-state index in [-0.39, 0.29) is 0 Å². The lowest BCUT2D eigenvalue weighted by molar-refractivity contribution is 0.555. The number of benzene rings is 3. The van der Waals surface area contributed by atoms with Gasteiger partial charge < -0.3 is 4.43 Å². The predicted molar refractivity (Wildman–Crippen MR) is 122 cm³/mol. The van der Waals surface area contributed by atoms with Crippen LogP contribution in [0, 0.1) is 0 Å². The summed E-state index contributed by atoms with van der Waals surface area (Å²) < 4.78 is 6.48. The van der Waals surface area contributed by atoms with Crippen molar-refractivity contribution in [2.45, 2.75) is 26.6 Å². The highest BCUT2D eigenvalue weighted by atomic mass is 28.4. The fraction of sp³-hybridized carbons (Fsp3) is 0.167. The maximum absolute atomic E-state index is 6.48. The van der Waals surface area contributed by atoms with Crippen molar-refractivity contribution in [3.05, 3.63) is 90.0 Å². The number of rotatable bonds is 6. The quantitative estimate of drug-likeness (QED) is 0.339. The Bertz CT molecular complexity index is 974. The van der Waals surface area contributed by atoms with E-state index in [0.29, 0.717) is 0 Å². The first-order valence-corrected chi connectivity index (χ1v) is 12.8. The van der Waals surface area contributed by atoms with Crippen LogP contribution in [-0.2, 0) is 0 Å². The summed E-state index contributed by atoms with van der Waals surface area (Å²) in [6, 6.07) is 26.1. The average molecular weight is 387 g/mol. The third kappa shape index (κ3) is 5.51. The molecule has 3 rings (SSSR count). The van der Waals surface area contributed by atoms with Crippen molar-refractivity contribution in [1.82, 2.24) is 0 Å². The van der Waals surface area contributed by atoms with Crippen LogP contribution in [-0.4, -0.2) is 20.2 Å². The Morgan fingerprint density at radius 3 is 2.00 bits per heavy atom. The molecular weight excluding hydrogens is 360 g/mol. The summed E-state index contributed by atoms with van der Waals surface area (Å²) in [4.78, 5) is 9.41. The first-order chi connectivity index (χ1) is 13.4. The van der Waals surface area contributed by atoms with Crippen LogP contribution in [0.5, 0.6) is 5.75 Å². The maximum atomic E-state index is 6.48. The lowest BCUT2D eigenvalue weighted by Crippen LogP contribution is -2.30. The van der Waals surface area contributed by atoms with Crippen LogP contribution in [0.2, 0.25) is 19.6 Å². The zero-order chi connectivity index (χ0) is 20.0. The molecule has 28 heavy (non-hydrogen) atoms. The van der Waals surface area contributed by atoms with Gasteiger partial charge in [-0.1, -0.05) is 42.5 Å². The summed E-state index contributed by atoms with van der Waals surface area (Å²) in [5.41, 5.74) is 4.74. The van der Waals surface area contributed by atoms with Crippen LogP contribution in [0.15, 0.2) is 88.8 Å². The number of aliphatic imine (C=N–C) groups is 2. The minimum Gasteiger partial charge on any atom is -0.543 e. The van der Waals surface area contributed by atoms with Crippen LogP contribution in [0.1, 0.15) is 18.1 Å². The highest BCUT2D eigenvalue weighted by Crippen LogP contribution is 2.28. The Hall–Kier alpha value is -2.98. The normalized spacial score (nSPS) is 12.4. The number of hydrogen-bond acceptors (Lipinski definition) is 3. The summed E-state index contributed by atoms with van der Waals surface area (Å²) in [7, 11) is -1.82. The van der Waals surface area contributed by atoms with E-state index in [1.807, 2.05) is 85.9 Å². The number of nitrogens with zero attached hydrogens (tertiary/aromatic N) is 2. The van der Waals surface area contributed by atoms with Gasteiger partial charge in [-0.05, 0) is 63.0 Å². The maximum Gasteiger partial charge on any atom is 0.242 e. The van der Waals surface area contributed by atoms with Gasteiger partial charge in [0.2, 0.25) is 8.32 Å². The van der Waals surface area contributed by atoms with Gasteiger partial charge in [-0.3, -0.25) is 9.98 Å². The molecule has 0 spiro atoms. The fourth-order valence-electron chi connectivity index (χ4n) is 2.78. The topological polar surface area (TPSA) is 34.0 Å². The van der Waals surface area contributed by atoms with Crippen molar-refractivity contribution in [2.75, 3.05) is 0 Å². The van der Waals surface area contributed by atoms with E-state index in [4.69, 9.17) is 9.42 Å². The molecule has 0 heterocycles. The first-order valence-electron chi connectivity index (χ1n) is 9.44. The molecule has 0 aromatic heterocycles. The molecule has 4 heteroatoms. The van der Waals surface area contributed by atoms with Crippen LogP contribution in [0.25, 0.3) is 0 Å². The Labute approximate surface area is 168 Å². The van der Waals surface area contributed by atoms with E-state index >= 15 is 0 Å². The molecule has 3 aromatic carbocycles. The molecule has 3 aromatic rings. The molecule has 0 fully saturated rings. The Kier molecular flexibility index (Phi) is 6.22. The highest BCUT2D eigenvalue weighted by molar-refractivity contribution is 6.70. The Balaban J connectivity index is 2.04. The Morgan fingerprint density at radius 1 is 0.786 bits per heavy atom. The van der Waals surface area contributed by atoms with Gasteiger partial charge >= 0.3 is 0 Å². The van der Waals surface area contributed by atoms with Gasteiger partial charge in [0.25, 0.3) is 0 Å². The van der Waals surface area contributed by atoms with Gasteiger partial charge in [0.15, 0.2) is 0 Å². The molecule has 0 unspecified atom stereocenters. The molecule has 0 saturated heterocycles. The van der Waals surface area contributed by atoms with Crippen molar-refractivity contribution >= 4 is 31.6 Å². The third-order valence-electron chi connectivity index (χ3n) is 4.01. The molecule has 0 bridgehead atoms. The summed E-state index contributed by atoms with van der Waals surface area (Å²) >= 11 is 0. The van der Waals surface area contributed by atoms with Crippen LogP contribution < -0.4 is 4.43 Å². The van der Waals surface area contributed by atoms with E-state index in [2.05, 4.69) is 30.7 Å². The summed E-state index contributed by atoms with van der Waals surface area (Å²) in [6.07, 6.45) is 1.88. The molecular formula is C24H26N2OSi. The molecule has 0 atom stereocenters. The average Bonchev–Trinajstić information content (AvgIpc) is 2.67. The van der Waals surface area contributed by atoms with E-state index in [0.717, 1.165) is 34.0 Å². The first kappa shape index (κ1) is 19.8. The van der Waals surface area contributed by atoms with Crippen molar-refractivity contribution in [3.8, 4) is 5.75 Å². The number of para-hydroxylation sites is 3. The van der Waals surface area contributed by atoms with Gasteiger partial charge in [0, 0.05) is 23.1 Å². The Morgan fingerprint density at radius 2 is 1.39 bits per heavy atom. The molecule has 0 aliphatic heterocycles. The second-order valence-electron chi connectivity index (χ2n) is 7.56. The second kappa shape index (κ2) is 8.80. The summed E-state index contributed by atoms with van der Waals surface area (Å²) in [5.74, 6) is 0.860. The second-order valence-corrected chi connectivity index (χ2v) is 12.0. The lowest BCUT2D eigenvalue weighted by Gasteiger charge is -2.23. The van der Waals surface area contributed by atoms with Crippen molar-refractivity contribution in [2.24, 2.45) is 9.98 Å². The van der Waals surface area contributed by atoms with Gasteiger partial charge in [-0.2, -0.15) is 0 Å². The largest absolute Gasteiger partial charge is 0.543 e. The molecule has 3 nitrogen and oxygen atoms in total. The van der Waals surface area contributed by atoms with Crippen molar-refractivity contribution in [1.29, 1.82) is 0 Å². The zero-order valence-corrected chi connectivity index (χ0v) is 17.9. The van der Waals surface area contributed by atoms with E-state index in [1.54, 1.807) is 0 Å². The molecule has 0 amide bonds. The predicted octanol–water partition coefficient (Wildman–Crippen LogP) is 6.79. The van der Waals surface area contributed by atoms with Gasteiger partial charge in [0.05, 0.1) is 11.4 Å². The number of hydrogen-bond donors (Lipinski definition) is 0. The molecule has 0 radical (unpaired) electrons. The van der Waals surface area contributed by atoms with Crippen LogP contribution in [0.3, 0.4) is 0 Å². The highest BCUT2D eigenvalue weighted by Gasteiger charge is 2.21. The van der Waals surface area contributed by atoms with E-state index in [1.165, 1.54) is 0 Å². The van der Waals surface area contributed by atoms with E-state index in [9.17, 15) is 0 Å². The van der Waals surface area contributed by atoms with Gasteiger partial charge in [-0.25, -0.2) is 0 Å². The molecule has 142 valence electrons. The third-order valence-corrected chi connectivity index (χ3v) is 4.82. The van der Waals surface area contributed by atoms with E-state index < -0.39 is 8.32 Å². The molecule has 0 saturated carbocycles. The standard InChI is InChI=1S/C24H26N2OSi/c1-19(26-22-15-9-6-10-16-22)23-17-11-12-20(24(23)27-28(2,3)4)18-25-21-13-7-5-8-14-21/h5-18H,1-4H3/b25-18+,26-19+. The van der Waals surface area contributed by atoms with Gasteiger partial charge in [0.1, 0.15) is 5.75 Å². The summed E-state index contributed by atoms with van der Waals surface area (Å²) in [5, 5.41) is 0. The monoisotopic (exact) mass is 386 g/mol. The molecule has 0 aliphatic rings. The smallest absolute Gasteiger partial charge is 0.242 e. The zero-order valence-electron chi connectivity index (χ0n) is 16.9. The molecule has 0 N–H and O–H groups in total. The van der Waals surface area contributed by atoms with Gasteiger partial charge in [-0.15, -0.1) is 0 Å². The molecule has 0 aliphatic carbocycles. The summed E-state index contributed by atoms with van der Waals surface area (Å²) in [6.45, 7) is 8.58. The van der Waals surface area contributed by atoms with Crippen molar-refractivity contribution in [3.63, 3.8) is 0 Å². The minimum absolute atomic E-state index is 0.860. The fourth-order valence-corrected chi connectivity index (χ4v) is 3.62. The SMILES string of the molecule is C/C(=N\c1ccccc1)c1cccc(/C=N/c2ccccc2)c1O[Si](C)(C)C. The van der Waals surface area contributed by atoms with Crippen molar-refractivity contribution < 1.29 is 4.43 Å². The minimum atomic E-state index is -1.82. The van der Waals surface area contributed by atoms with Crippen LogP contribution in [0.4, 0.5) is 11.4 Å².